The molecule has 2 aromatic carbocycles. The number of anilines is 1. The van der Waals surface area contributed by atoms with Crippen LogP contribution in [0, 0.1) is 13.8 Å². The fourth-order valence-electron chi connectivity index (χ4n) is 2.14. The van der Waals surface area contributed by atoms with Crippen molar-refractivity contribution in [1.29, 1.82) is 0 Å². The van der Waals surface area contributed by atoms with Crippen LogP contribution in [0.15, 0.2) is 41.3 Å². The topological polar surface area (TPSA) is 46.2 Å². The molecule has 0 amide bonds. The summed E-state index contributed by atoms with van der Waals surface area (Å²) in [7, 11) is -4.15. The Kier molecular flexibility index (Phi) is 4.64. The molecule has 0 spiro atoms. The lowest BCUT2D eigenvalue weighted by atomic mass is 10.2. The molecule has 0 radical (unpaired) electrons. The van der Waals surface area contributed by atoms with Crippen LogP contribution in [0.4, 0.5) is 18.9 Å². The van der Waals surface area contributed by atoms with Crippen molar-refractivity contribution in [3.8, 4) is 0 Å². The molecule has 3 nitrogen and oxygen atoms in total. The van der Waals surface area contributed by atoms with Crippen molar-refractivity contribution in [3.63, 3.8) is 0 Å². The summed E-state index contributed by atoms with van der Waals surface area (Å²) in [6.07, 6.45) is -4.73. The standard InChI is InChI=1S/C15H13ClF3NO2S/c1-9-3-6-14(10(2)7-9)23(21,22)20-13-5-4-11(16)8-12(13)15(17,18)19/h3-8,20H,1-2H3. The molecule has 8 heteroatoms. The Bertz CT molecular complexity index is 848. The van der Waals surface area contributed by atoms with E-state index in [1.54, 1.807) is 26.0 Å². The van der Waals surface area contributed by atoms with Gasteiger partial charge in [0.25, 0.3) is 10.0 Å². The Labute approximate surface area is 137 Å². The average molecular weight is 364 g/mol. The Balaban J connectivity index is 2.50. The van der Waals surface area contributed by atoms with Gasteiger partial charge in [-0.1, -0.05) is 29.3 Å². The second-order valence-corrected chi connectivity index (χ2v) is 7.15. The molecule has 0 unspecified atom stereocenters. The fraction of sp³-hybridized carbons (Fsp3) is 0.200. The van der Waals surface area contributed by atoms with Gasteiger partial charge in [-0.15, -0.1) is 0 Å². The molecular formula is C15H13ClF3NO2S. The van der Waals surface area contributed by atoms with Crippen LogP contribution in [-0.2, 0) is 16.2 Å². The van der Waals surface area contributed by atoms with E-state index in [1.807, 2.05) is 4.72 Å². The van der Waals surface area contributed by atoms with E-state index < -0.39 is 27.5 Å². The Hall–Kier alpha value is -1.73. The summed E-state index contributed by atoms with van der Waals surface area (Å²) in [5.74, 6) is 0. The molecule has 1 N–H and O–H groups in total. The number of hydrogen-bond donors (Lipinski definition) is 1. The van der Waals surface area contributed by atoms with E-state index in [1.165, 1.54) is 12.1 Å². The van der Waals surface area contributed by atoms with Gasteiger partial charge >= 0.3 is 6.18 Å². The summed E-state index contributed by atoms with van der Waals surface area (Å²) >= 11 is 5.58. The number of hydrogen-bond acceptors (Lipinski definition) is 2. The lowest BCUT2D eigenvalue weighted by molar-refractivity contribution is -0.136. The number of nitrogens with one attached hydrogen (secondary N) is 1. The van der Waals surface area contributed by atoms with E-state index in [0.29, 0.717) is 11.6 Å². The highest BCUT2D eigenvalue weighted by Crippen LogP contribution is 2.37. The smallest absolute Gasteiger partial charge is 0.279 e. The molecule has 0 aliphatic carbocycles. The van der Waals surface area contributed by atoms with Crippen molar-refractivity contribution in [3.05, 3.63) is 58.1 Å². The highest BCUT2D eigenvalue weighted by molar-refractivity contribution is 7.92. The van der Waals surface area contributed by atoms with Crippen LogP contribution in [0.5, 0.6) is 0 Å². The van der Waals surface area contributed by atoms with Gasteiger partial charge in [-0.3, -0.25) is 4.72 Å². The van der Waals surface area contributed by atoms with Gasteiger partial charge in [-0.25, -0.2) is 8.42 Å². The first kappa shape index (κ1) is 17.6. The minimum atomic E-state index is -4.73. The Morgan fingerprint density at radius 2 is 1.70 bits per heavy atom. The van der Waals surface area contributed by atoms with Crippen LogP contribution in [0.25, 0.3) is 0 Å². The average Bonchev–Trinajstić information content (AvgIpc) is 2.39. The third kappa shape index (κ3) is 3.97. The zero-order chi connectivity index (χ0) is 17.4. The molecule has 0 bridgehead atoms. The molecule has 0 saturated carbocycles. The zero-order valence-corrected chi connectivity index (χ0v) is 13.8. The Morgan fingerprint density at radius 1 is 1.04 bits per heavy atom. The first-order chi connectivity index (χ1) is 10.5. The van der Waals surface area contributed by atoms with Gasteiger partial charge in [0.05, 0.1) is 16.1 Å². The van der Waals surface area contributed by atoms with Crippen molar-refractivity contribution < 1.29 is 21.6 Å². The molecule has 124 valence electrons. The molecule has 2 aromatic rings. The van der Waals surface area contributed by atoms with Crippen molar-refractivity contribution in [2.75, 3.05) is 4.72 Å². The van der Waals surface area contributed by atoms with Crippen molar-refractivity contribution >= 4 is 27.3 Å². The summed E-state index contributed by atoms with van der Waals surface area (Å²) in [6, 6.07) is 7.44. The van der Waals surface area contributed by atoms with E-state index >= 15 is 0 Å². The van der Waals surface area contributed by atoms with E-state index in [-0.39, 0.29) is 9.92 Å². The van der Waals surface area contributed by atoms with Gasteiger partial charge in [0.15, 0.2) is 0 Å². The molecule has 0 aliphatic rings. The van der Waals surface area contributed by atoms with Crippen LogP contribution in [0.3, 0.4) is 0 Å². The number of aryl methyl sites for hydroxylation is 2. The molecular weight excluding hydrogens is 351 g/mol. The van der Waals surface area contributed by atoms with E-state index in [0.717, 1.165) is 11.6 Å². The van der Waals surface area contributed by atoms with E-state index in [9.17, 15) is 21.6 Å². The predicted octanol–water partition coefficient (Wildman–Crippen LogP) is 4.78. The minimum absolute atomic E-state index is 0.0776. The van der Waals surface area contributed by atoms with Crippen LogP contribution in [0.2, 0.25) is 5.02 Å². The molecule has 0 heterocycles. The summed E-state index contributed by atoms with van der Waals surface area (Å²) in [5, 5.41) is -0.133. The number of benzene rings is 2. The second kappa shape index (κ2) is 6.05. The Morgan fingerprint density at radius 3 is 2.26 bits per heavy atom. The molecule has 23 heavy (non-hydrogen) atoms. The maximum atomic E-state index is 13.0. The summed E-state index contributed by atoms with van der Waals surface area (Å²) in [6.45, 7) is 3.37. The highest BCUT2D eigenvalue weighted by Gasteiger charge is 2.35. The third-order valence-electron chi connectivity index (χ3n) is 3.15. The van der Waals surface area contributed by atoms with Gasteiger partial charge in [0.1, 0.15) is 0 Å². The minimum Gasteiger partial charge on any atom is -0.279 e. The van der Waals surface area contributed by atoms with Crippen LogP contribution >= 0.6 is 11.6 Å². The van der Waals surface area contributed by atoms with Crippen molar-refractivity contribution in [2.45, 2.75) is 24.9 Å². The molecule has 0 saturated heterocycles. The van der Waals surface area contributed by atoms with Gasteiger partial charge in [0.2, 0.25) is 0 Å². The first-order valence-corrected chi connectivity index (χ1v) is 8.33. The predicted molar refractivity (Wildman–Crippen MR) is 83.2 cm³/mol. The normalized spacial score (nSPS) is 12.3. The van der Waals surface area contributed by atoms with Crippen molar-refractivity contribution in [2.24, 2.45) is 0 Å². The third-order valence-corrected chi connectivity index (χ3v) is 4.91. The van der Waals surface area contributed by atoms with Crippen molar-refractivity contribution in [1.82, 2.24) is 0 Å². The molecule has 0 aliphatic heterocycles. The molecule has 0 atom stereocenters. The number of sulfonamides is 1. The number of halogens is 4. The molecule has 0 fully saturated rings. The SMILES string of the molecule is Cc1ccc(S(=O)(=O)Nc2ccc(Cl)cc2C(F)(F)F)c(C)c1. The second-order valence-electron chi connectivity index (χ2n) is 5.06. The van der Waals surface area contributed by atoms with Gasteiger partial charge in [-0.05, 0) is 43.7 Å². The van der Waals surface area contributed by atoms with Gasteiger partial charge in [-0.2, -0.15) is 13.2 Å². The lowest BCUT2D eigenvalue weighted by Gasteiger charge is -2.16. The monoisotopic (exact) mass is 363 g/mol. The van der Waals surface area contributed by atoms with Gasteiger partial charge < -0.3 is 0 Å². The number of alkyl halides is 3. The van der Waals surface area contributed by atoms with Crippen LogP contribution in [-0.4, -0.2) is 8.42 Å². The first-order valence-electron chi connectivity index (χ1n) is 6.47. The molecule has 0 aromatic heterocycles. The highest BCUT2D eigenvalue weighted by atomic mass is 35.5. The molecule has 2 rings (SSSR count). The zero-order valence-electron chi connectivity index (χ0n) is 12.2. The lowest BCUT2D eigenvalue weighted by Crippen LogP contribution is -2.18. The van der Waals surface area contributed by atoms with Crippen LogP contribution in [0.1, 0.15) is 16.7 Å². The maximum Gasteiger partial charge on any atom is 0.418 e. The van der Waals surface area contributed by atoms with Crippen LogP contribution < -0.4 is 4.72 Å². The summed E-state index contributed by atoms with van der Waals surface area (Å²) < 4.78 is 65.9. The fourth-order valence-corrected chi connectivity index (χ4v) is 3.62. The summed E-state index contributed by atoms with van der Waals surface area (Å²) in [4.78, 5) is -0.0776. The van der Waals surface area contributed by atoms with Gasteiger partial charge in [0, 0.05) is 5.02 Å². The van der Waals surface area contributed by atoms with E-state index in [4.69, 9.17) is 11.6 Å². The number of rotatable bonds is 3. The van der Waals surface area contributed by atoms with E-state index in [2.05, 4.69) is 0 Å². The maximum absolute atomic E-state index is 13.0. The summed E-state index contributed by atoms with van der Waals surface area (Å²) in [5.41, 5.74) is -0.413. The quantitative estimate of drug-likeness (QED) is 0.853. The largest absolute Gasteiger partial charge is 0.418 e.